The normalized spacial score (nSPS) is 25.2. The van der Waals surface area contributed by atoms with Crippen molar-refractivity contribution in [2.45, 2.75) is 18.6 Å². The number of fused-ring (bicyclic) bond motifs is 1. The average Bonchev–Trinajstić information content (AvgIpc) is 2.94. The largest absolute Gasteiger partial charge is 0.327 e. The maximum atomic E-state index is 13.4. The summed E-state index contributed by atoms with van der Waals surface area (Å²) in [6.45, 7) is 3.58. The number of benzene rings is 1. The van der Waals surface area contributed by atoms with Crippen molar-refractivity contribution in [1.82, 2.24) is 9.40 Å². The van der Waals surface area contributed by atoms with Gasteiger partial charge >= 0.3 is 0 Å². The highest BCUT2D eigenvalue weighted by molar-refractivity contribution is 7.91. The summed E-state index contributed by atoms with van der Waals surface area (Å²) in [5, 5.41) is 0.889. The van der Waals surface area contributed by atoms with Gasteiger partial charge in [0.05, 0.1) is 5.52 Å². The third kappa shape index (κ3) is 1.84. The fourth-order valence-corrected chi connectivity index (χ4v) is 4.96. The summed E-state index contributed by atoms with van der Waals surface area (Å²) in [5.74, 6) is 5.36. The van der Waals surface area contributed by atoms with Crippen molar-refractivity contribution in [2.24, 2.45) is 11.8 Å². The summed E-state index contributed by atoms with van der Waals surface area (Å²) in [6.07, 6.45) is 7.02. The molecular formula is C16H19N3O2S. The van der Waals surface area contributed by atoms with Gasteiger partial charge < -0.3 is 5.43 Å². The molecule has 6 heteroatoms. The fraction of sp³-hybridized carbons (Fsp3) is 0.250. The van der Waals surface area contributed by atoms with Gasteiger partial charge in [0.25, 0.3) is 10.0 Å². The Morgan fingerprint density at radius 1 is 1.27 bits per heavy atom. The Labute approximate surface area is 130 Å². The van der Waals surface area contributed by atoms with Crippen molar-refractivity contribution >= 4 is 20.9 Å². The van der Waals surface area contributed by atoms with Gasteiger partial charge in [0, 0.05) is 23.2 Å². The lowest BCUT2D eigenvalue weighted by atomic mass is 9.88. The number of aromatic nitrogens is 1. The summed E-state index contributed by atoms with van der Waals surface area (Å²) >= 11 is 0. The van der Waals surface area contributed by atoms with Crippen molar-refractivity contribution < 1.29 is 8.42 Å². The number of para-hydroxylation sites is 1. The summed E-state index contributed by atoms with van der Waals surface area (Å²) in [5.41, 5.74) is 3.71. The molecule has 0 spiro atoms. The van der Waals surface area contributed by atoms with E-state index in [-0.39, 0.29) is 5.92 Å². The van der Waals surface area contributed by atoms with E-state index >= 15 is 0 Å². The number of hydrogen-bond donors (Lipinski definition) is 2. The van der Waals surface area contributed by atoms with E-state index in [1.165, 1.54) is 3.97 Å². The van der Waals surface area contributed by atoms with Gasteiger partial charge in [0.15, 0.2) is 0 Å². The number of nitrogens with two attached hydrogens (primary N) is 1. The molecule has 22 heavy (non-hydrogen) atoms. The Bertz CT molecular complexity index is 880. The zero-order chi connectivity index (χ0) is 16.0. The minimum Gasteiger partial charge on any atom is -0.327 e. The number of rotatable bonds is 3. The first-order chi connectivity index (χ1) is 10.4. The minimum atomic E-state index is -3.70. The molecule has 116 valence electrons. The highest BCUT2D eigenvalue weighted by Crippen LogP contribution is 2.38. The second-order valence-electron chi connectivity index (χ2n) is 5.68. The maximum Gasteiger partial charge on any atom is 0.250 e. The molecule has 1 aromatic heterocycles. The van der Waals surface area contributed by atoms with E-state index in [0.29, 0.717) is 11.2 Å². The van der Waals surface area contributed by atoms with E-state index in [1.54, 1.807) is 31.3 Å². The van der Waals surface area contributed by atoms with Crippen LogP contribution in [0.2, 0.25) is 0 Å². The molecule has 0 fully saturated rings. The molecule has 3 rings (SSSR count). The SMILES string of the molecule is CC1C=CC=C(NN)C1(C)S(=O)(=O)n1ccc2ccccc21. The molecule has 0 aliphatic heterocycles. The van der Waals surface area contributed by atoms with Crippen LogP contribution in [0.15, 0.2) is 60.5 Å². The number of nitrogens with one attached hydrogen (secondary N) is 1. The van der Waals surface area contributed by atoms with Gasteiger partial charge in [-0.1, -0.05) is 37.3 Å². The monoisotopic (exact) mass is 317 g/mol. The standard InChI is InChI=1S/C16H19N3O2S/c1-12-6-5-9-15(18-17)16(12,2)22(20,21)19-11-10-13-7-3-4-8-14(13)19/h3-12,18H,17H2,1-2H3. The van der Waals surface area contributed by atoms with E-state index in [4.69, 9.17) is 5.84 Å². The van der Waals surface area contributed by atoms with Crippen LogP contribution in [0.1, 0.15) is 13.8 Å². The lowest BCUT2D eigenvalue weighted by Gasteiger charge is -2.37. The van der Waals surface area contributed by atoms with Crippen LogP contribution in [0.25, 0.3) is 10.9 Å². The molecule has 0 bridgehead atoms. The smallest absolute Gasteiger partial charge is 0.250 e. The number of hydrazine groups is 1. The fourth-order valence-electron chi connectivity index (χ4n) is 2.95. The molecule has 2 atom stereocenters. The van der Waals surface area contributed by atoms with Crippen LogP contribution < -0.4 is 11.3 Å². The Hall–Kier alpha value is -2.05. The number of nitrogens with zero attached hydrogens (tertiary/aromatic N) is 1. The summed E-state index contributed by atoms with van der Waals surface area (Å²) in [7, 11) is -3.70. The van der Waals surface area contributed by atoms with Crippen LogP contribution >= 0.6 is 0 Å². The van der Waals surface area contributed by atoms with Crippen LogP contribution in [-0.4, -0.2) is 17.1 Å². The van der Waals surface area contributed by atoms with Gasteiger partial charge in [-0.05, 0) is 25.1 Å². The zero-order valence-electron chi connectivity index (χ0n) is 12.5. The summed E-state index contributed by atoms with van der Waals surface area (Å²) in [6, 6.07) is 9.22. The van der Waals surface area contributed by atoms with Crippen LogP contribution in [0, 0.1) is 5.92 Å². The van der Waals surface area contributed by atoms with Crippen LogP contribution in [-0.2, 0) is 10.0 Å². The second-order valence-corrected chi connectivity index (χ2v) is 7.87. The van der Waals surface area contributed by atoms with Crippen LogP contribution in [0.4, 0.5) is 0 Å². The molecule has 0 amide bonds. The van der Waals surface area contributed by atoms with E-state index < -0.39 is 14.8 Å². The molecule has 1 aromatic carbocycles. The third-order valence-electron chi connectivity index (χ3n) is 4.58. The van der Waals surface area contributed by atoms with E-state index in [9.17, 15) is 8.42 Å². The lowest BCUT2D eigenvalue weighted by Crippen LogP contribution is -2.51. The molecule has 1 aliphatic rings. The minimum absolute atomic E-state index is 0.213. The molecule has 0 saturated heterocycles. The number of allylic oxidation sites excluding steroid dienone is 3. The molecule has 0 radical (unpaired) electrons. The van der Waals surface area contributed by atoms with Crippen LogP contribution in [0.5, 0.6) is 0 Å². The average molecular weight is 317 g/mol. The molecule has 0 saturated carbocycles. The van der Waals surface area contributed by atoms with Gasteiger partial charge in [-0.15, -0.1) is 0 Å². The Kier molecular flexibility index (Phi) is 3.38. The molecule has 2 unspecified atom stereocenters. The predicted molar refractivity (Wildman–Crippen MR) is 88.4 cm³/mol. The topological polar surface area (TPSA) is 77.1 Å². The first-order valence-electron chi connectivity index (χ1n) is 7.09. The molecular weight excluding hydrogens is 298 g/mol. The first kappa shape index (κ1) is 14.9. The zero-order valence-corrected chi connectivity index (χ0v) is 13.3. The summed E-state index contributed by atoms with van der Waals surface area (Å²) < 4.78 is 26.9. The first-order valence-corrected chi connectivity index (χ1v) is 8.53. The Morgan fingerprint density at radius 2 is 2.00 bits per heavy atom. The highest BCUT2D eigenvalue weighted by Gasteiger charge is 2.48. The molecule has 1 aliphatic carbocycles. The van der Waals surface area contributed by atoms with Gasteiger partial charge in [-0.25, -0.2) is 12.4 Å². The molecule has 3 N–H and O–H groups in total. The molecule has 1 heterocycles. The van der Waals surface area contributed by atoms with Crippen LogP contribution in [0.3, 0.4) is 0 Å². The van der Waals surface area contributed by atoms with E-state index in [2.05, 4.69) is 5.43 Å². The van der Waals surface area contributed by atoms with Gasteiger partial charge in [-0.2, -0.15) is 0 Å². The maximum absolute atomic E-state index is 13.4. The Morgan fingerprint density at radius 3 is 2.73 bits per heavy atom. The summed E-state index contributed by atoms with van der Waals surface area (Å²) in [4.78, 5) is 0. The van der Waals surface area contributed by atoms with Crippen molar-refractivity contribution in [1.29, 1.82) is 0 Å². The van der Waals surface area contributed by atoms with Gasteiger partial charge in [0.1, 0.15) is 4.75 Å². The Balaban J connectivity index is 2.25. The van der Waals surface area contributed by atoms with E-state index in [1.807, 2.05) is 37.3 Å². The van der Waals surface area contributed by atoms with Gasteiger partial charge in [-0.3, -0.25) is 5.84 Å². The third-order valence-corrected chi connectivity index (χ3v) is 7.08. The van der Waals surface area contributed by atoms with Crippen molar-refractivity contribution in [3.05, 3.63) is 60.5 Å². The van der Waals surface area contributed by atoms with Crippen molar-refractivity contribution in [3.8, 4) is 0 Å². The van der Waals surface area contributed by atoms with Crippen molar-refractivity contribution in [2.75, 3.05) is 0 Å². The second kappa shape index (κ2) is 5.00. The lowest BCUT2D eigenvalue weighted by molar-refractivity contribution is 0.473. The quantitative estimate of drug-likeness (QED) is 0.671. The van der Waals surface area contributed by atoms with E-state index in [0.717, 1.165) is 5.39 Å². The highest BCUT2D eigenvalue weighted by atomic mass is 32.2. The molecule has 2 aromatic rings. The van der Waals surface area contributed by atoms with Gasteiger partial charge in [0.2, 0.25) is 0 Å². The van der Waals surface area contributed by atoms with Crippen molar-refractivity contribution in [3.63, 3.8) is 0 Å². The number of hydrogen-bond acceptors (Lipinski definition) is 4. The molecule has 5 nitrogen and oxygen atoms in total. The predicted octanol–water partition coefficient (Wildman–Crippen LogP) is 2.13.